The Balaban J connectivity index is 1.04. The number of hydrogen-bond donors (Lipinski definition) is 2. The number of nitrogens with zero attached hydrogens (tertiary/aromatic N) is 4. The molecule has 2 N–H and O–H groups in total. The number of aliphatic imine (C=N–C) groups is 2. The molecule has 5 rings (SSSR count). The van der Waals surface area contributed by atoms with E-state index in [0.29, 0.717) is 52.6 Å². The van der Waals surface area contributed by atoms with Gasteiger partial charge in [0.25, 0.3) is 0 Å². The van der Waals surface area contributed by atoms with E-state index < -0.39 is 23.5 Å². The molecular formula is C32H33BrF6N6S2. The van der Waals surface area contributed by atoms with Crippen LogP contribution in [0.3, 0.4) is 0 Å². The minimum Gasteiger partial charge on any atom is -0.352 e. The third-order valence-electron chi connectivity index (χ3n) is 7.63. The van der Waals surface area contributed by atoms with E-state index >= 15 is 0 Å². The van der Waals surface area contributed by atoms with Gasteiger partial charge in [-0.05, 0) is 71.5 Å². The molecule has 15 heteroatoms. The summed E-state index contributed by atoms with van der Waals surface area (Å²) in [5.41, 5.74) is 2.80. The van der Waals surface area contributed by atoms with Crippen LogP contribution in [0.5, 0.6) is 0 Å². The number of benzene rings is 3. The SMILES string of the molecule is FC(F)(F)c1ccc(CCN2CN=C(SCc3ccc(Br)cc3CSC3=NCN(CCc4ccc(C(F)(F)F)cc4)CN3)NC2)cc1. The van der Waals surface area contributed by atoms with Gasteiger partial charge in [0.05, 0.1) is 37.8 Å². The minimum absolute atomic E-state index is 0.518. The Morgan fingerprint density at radius 2 is 1.09 bits per heavy atom. The van der Waals surface area contributed by atoms with Crippen molar-refractivity contribution in [1.29, 1.82) is 0 Å². The number of amidine groups is 2. The van der Waals surface area contributed by atoms with Crippen molar-refractivity contribution in [2.45, 2.75) is 36.7 Å². The zero-order valence-corrected chi connectivity index (χ0v) is 28.4. The summed E-state index contributed by atoms with van der Waals surface area (Å²) in [6.07, 6.45) is -7.38. The van der Waals surface area contributed by atoms with Crippen molar-refractivity contribution in [2.24, 2.45) is 9.98 Å². The van der Waals surface area contributed by atoms with Crippen molar-refractivity contribution in [3.05, 3.63) is 105 Å². The molecule has 3 aromatic rings. The molecule has 2 aliphatic rings. The molecule has 0 radical (unpaired) electrons. The highest BCUT2D eigenvalue weighted by Crippen LogP contribution is 2.30. The molecule has 0 saturated carbocycles. The van der Waals surface area contributed by atoms with Crippen LogP contribution in [-0.4, -0.2) is 59.9 Å². The number of nitrogens with one attached hydrogen (secondary N) is 2. The molecule has 0 unspecified atom stereocenters. The molecule has 2 heterocycles. The Labute approximate surface area is 286 Å². The molecular weight excluding hydrogens is 726 g/mol. The van der Waals surface area contributed by atoms with Crippen LogP contribution in [0.4, 0.5) is 26.3 Å². The average Bonchev–Trinajstić information content (AvgIpc) is 3.05. The zero-order chi connectivity index (χ0) is 33.4. The summed E-state index contributed by atoms with van der Waals surface area (Å²) >= 11 is 6.84. The predicted molar refractivity (Wildman–Crippen MR) is 181 cm³/mol. The largest absolute Gasteiger partial charge is 0.416 e. The summed E-state index contributed by atoms with van der Waals surface area (Å²) in [6.45, 7) is 3.63. The fraction of sp³-hybridized carbons (Fsp3) is 0.375. The summed E-state index contributed by atoms with van der Waals surface area (Å²) < 4.78 is 77.8. The fourth-order valence-electron chi connectivity index (χ4n) is 4.85. The number of thioether (sulfide) groups is 2. The van der Waals surface area contributed by atoms with Gasteiger partial charge in [-0.3, -0.25) is 9.80 Å². The maximum absolute atomic E-state index is 12.8. The van der Waals surface area contributed by atoms with Gasteiger partial charge < -0.3 is 10.6 Å². The third-order valence-corrected chi connectivity index (χ3v) is 10.1. The second kappa shape index (κ2) is 16.1. The molecule has 47 heavy (non-hydrogen) atoms. The quantitative estimate of drug-likeness (QED) is 0.206. The van der Waals surface area contributed by atoms with Crippen LogP contribution in [0.25, 0.3) is 0 Å². The predicted octanol–water partition coefficient (Wildman–Crippen LogP) is 7.79. The summed E-state index contributed by atoms with van der Waals surface area (Å²) in [4.78, 5) is 13.5. The monoisotopic (exact) mass is 758 g/mol. The molecule has 0 atom stereocenters. The van der Waals surface area contributed by atoms with Crippen molar-refractivity contribution in [1.82, 2.24) is 20.4 Å². The fourth-order valence-corrected chi connectivity index (χ4v) is 7.02. The zero-order valence-electron chi connectivity index (χ0n) is 25.2. The number of rotatable bonds is 10. The highest BCUT2D eigenvalue weighted by Gasteiger charge is 2.30. The lowest BCUT2D eigenvalue weighted by atomic mass is 10.1. The number of halogens is 7. The maximum Gasteiger partial charge on any atom is 0.416 e. The summed E-state index contributed by atoms with van der Waals surface area (Å²) in [5, 5.41) is 8.40. The van der Waals surface area contributed by atoms with Gasteiger partial charge >= 0.3 is 12.4 Å². The van der Waals surface area contributed by atoms with Gasteiger partial charge in [-0.2, -0.15) is 26.3 Å². The highest BCUT2D eigenvalue weighted by molar-refractivity contribution is 9.10. The van der Waals surface area contributed by atoms with Crippen LogP contribution in [0.1, 0.15) is 33.4 Å². The van der Waals surface area contributed by atoms with E-state index in [4.69, 9.17) is 0 Å². The van der Waals surface area contributed by atoms with Gasteiger partial charge in [-0.25, -0.2) is 9.98 Å². The molecule has 0 aliphatic carbocycles. The summed E-state index contributed by atoms with van der Waals surface area (Å²) in [5.74, 6) is 1.46. The molecule has 3 aromatic carbocycles. The third kappa shape index (κ3) is 10.9. The van der Waals surface area contributed by atoms with E-state index in [2.05, 4.69) is 58.5 Å². The first-order valence-corrected chi connectivity index (χ1v) is 17.6. The van der Waals surface area contributed by atoms with E-state index in [9.17, 15) is 26.3 Å². The molecule has 0 spiro atoms. The Bertz CT molecular complexity index is 1550. The topological polar surface area (TPSA) is 55.3 Å². The average molecular weight is 760 g/mol. The van der Waals surface area contributed by atoms with Gasteiger partial charge in [0, 0.05) is 29.1 Å². The van der Waals surface area contributed by atoms with Crippen LogP contribution < -0.4 is 10.6 Å². The van der Waals surface area contributed by atoms with Crippen molar-refractivity contribution >= 4 is 49.8 Å². The molecule has 0 saturated heterocycles. The van der Waals surface area contributed by atoms with Crippen LogP contribution in [0.15, 0.2) is 81.2 Å². The van der Waals surface area contributed by atoms with Crippen LogP contribution >= 0.6 is 39.5 Å². The number of alkyl halides is 6. The lowest BCUT2D eigenvalue weighted by Crippen LogP contribution is -2.42. The lowest BCUT2D eigenvalue weighted by molar-refractivity contribution is -0.138. The van der Waals surface area contributed by atoms with Crippen LogP contribution in [-0.2, 0) is 36.7 Å². The summed E-state index contributed by atoms with van der Waals surface area (Å²) in [6, 6.07) is 16.8. The molecule has 0 amide bonds. The van der Waals surface area contributed by atoms with Crippen molar-refractivity contribution in [3.8, 4) is 0 Å². The molecule has 2 aliphatic heterocycles. The van der Waals surface area contributed by atoms with Gasteiger partial charge in [0.1, 0.15) is 0 Å². The normalized spacial score (nSPS) is 16.3. The summed E-state index contributed by atoms with van der Waals surface area (Å²) in [7, 11) is 0. The highest BCUT2D eigenvalue weighted by atomic mass is 79.9. The van der Waals surface area contributed by atoms with Gasteiger partial charge in [-0.1, -0.05) is 69.8 Å². The molecule has 0 fully saturated rings. The maximum atomic E-state index is 12.8. The van der Waals surface area contributed by atoms with E-state index in [1.807, 2.05) is 6.07 Å². The Morgan fingerprint density at radius 3 is 1.49 bits per heavy atom. The molecule has 0 bridgehead atoms. The Hall–Kier alpha value is -2.72. The van der Waals surface area contributed by atoms with Crippen molar-refractivity contribution in [2.75, 3.05) is 39.8 Å². The van der Waals surface area contributed by atoms with Crippen molar-refractivity contribution in [3.63, 3.8) is 0 Å². The van der Waals surface area contributed by atoms with Gasteiger partial charge in [0.2, 0.25) is 0 Å². The first-order valence-electron chi connectivity index (χ1n) is 14.8. The van der Waals surface area contributed by atoms with Crippen molar-refractivity contribution < 1.29 is 26.3 Å². The van der Waals surface area contributed by atoms with Crippen LogP contribution in [0.2, 0.25) is 0 Å². The molecule has 6 nitrogen and oxygen atoms in total. The Kier molecular flexibility index (Phi) is 12.2. The number of hydrogen-bond acceptors (Lipinski definition) is 8. The second-order valence-corrected chi connectivity index (χ2v) is 13.9. The Morgan fingerprint density at radius 1 is 0.638 bits per heavy atom. The van der Waals surface area contributed by atoms with Gasteiger partial charge in [0.15, 0.2) is 10.3 Å². The standard InChI is InChI=1S/C32H33BrF6N6S2/c33-28-10-5-24(16-46-29-40-18-44(19-41-29)13-11-22-1-6-26(7-2-22)31(34,35)36)25(15-28)17-47-30-42-20-45(21-43-30)14-12-23-3-8-27(9-4-23)32(37,38)39/h1-10,15H,11-14,16-21H2,(H,40,41)(H,42,43). The smallest absolute Gasteiger partial charge is 0.352 e. The molecule has 0 aromatic heterocycles. The minimum atomic E-state index is -4.33. The van der Waals surface area contributed by atoms with E-state index in [1.165, 1.54) is 35.4 Å². The van der Waals surface area contributed by atoms with E-state index in [0.717, 1.165) is 61.7 Å². The van der Waals surface area contributed by atoms with E-state index in [1.54, 1.807) is 23.5 Å². The second-order valence-electron chi connectivity index (χ2n) is 11.0. The lowest BCUT2D eigenvalue weighted by Gasteiger charge is -2.27. The molecule has 252 valence electrons. The first kappa shape index (κ1) is 35.6. The van der Waals surface area contributed by atoms with E-state index in [-0.39, 0.29) is 0 Å². The van der Waals surface area contributed by atoms with Gasteiger partial charge in [-0.15, -0.1) is 0 Å². The first-order chi connectivity index (χ1) is 22.4. The van der Waals surface area contributed by atoms with Crippen LogP contribution in [0, 0.1) is 0 Å².